The first-order valence-electron chi connectivity index (χ1n) is 10.2. The molecule has 0 saturated heterocycles. The lowest BCUT2D eigenvalue weighted by Gasteiger charge is -2.17. The molecule has 0 radical (unpaired) electrons. The quantitative estimate of drug-likeness (QED) is 0.450. The Balaban J connectivity index is 1.67. The van der Waals surface area contributed by atoms with Crippen LogP contribution in [0.15, 0.2) is 72.0 Å². The minimum atomic E-state index is -3.36. The second-order valence-corrected chi connectivity index (χ2v) is 10.3. The van der Waals surface area contributed by atoms with E-state index in [4.69, 9.17) is 5.26 Å². The Morgan fingerprint density at radius 1 is 1.03 bits per heavy atom. The Labute approximate surface area is 191 Å². The Morgan fingerprint density at radius 2 is 1.70 bits per heavy atom. The normalized spacial score (nSPS) is 11.5. The molecule has 0 N–H and O–H groups in total. The summed E-state index contributed by atoms with van der Waals surface area (Å²) in [5, 5.41) is 8.45. The number of hydrogen-bond donors (Lipinski definition) is 0. The van der Waals surface area contributed by atoms with E-state index in [2.05, 4.69) is 16.0 Å². The van der Waals surface area contributed by atoms with Crippen LogP contribution in [0.1, 0.15) is 29.9 Å². The van der Waals surface area contributed by atoms with Crippen molar-refractivity contribution < 1.29 is 13.2 Å². The minimum absolute atomic E-state index is 0.215. The van der Waals surface area contributed by atoms with Gasteiger partial charge in [0.15, 0.2) is 15.5 Å². The molecule has 8 nitrogen and oxygen atoms in total. The SMILES string of the molecule is CC(C)S(=O)(=O)c1ccc(-c2cnc3cnc(C(=O)N(C)c4ccc(C#N)cc4)cn23)cc1. The van der Waals surface area contributed by atoms with Gasteiger partial charge in [-0.25, -0.2) is 18.4 Å². The average Bonchev–Trinajstić information content (AvgIpc) is 3.26. The highest BCUT2D eigenvalue weighted by molar-refractivity contribution is 7.92. The van der Waals surface area contributed by atoms with Gasteiger partial charge < -0.3 is 4.90 Å². The van der Waals surface area contributed by atoms with E-state index in [1.165, 1.54) is 11.1 Å². The summed E-state index contributed by atoms with van der Waals surface area (Å²) in [6.07, 6.45) is 4.78. The van der Waals surface area contributed by atoms with E-state index in [0.29, 0.717) is 22.6 Å². The maximum absolute atomic E-state index is 13.0. The maximum atomic E-state index is 13.0. The molecule has 33 heavy (non-hydrogen) atoms. The highest BCUT2D eigenvalue weighted by Crippen LogP contribution is 2.25. The van der Waals surface area contributed by atoms with E-state index in [-0.39, 0.29) is 16.5 Å². The average molecular weight is 460 g/mol. The van der Waals surface area contributed by atoms with Gasteiger partial charge in [-0.2, -0.15) is 5.26 Å². The lowest BCUT2D eigenvalue weighted by atomic mass is 10.2. The van der Waals surface area contributed by atoms with Crippen LogP contribution in [0.4, 0.5) is 5.69 Å². The zero-order valence-electron chi connectivity index (χ0n) is 18.3. The highest BCUT2D eigenvalue weighted by Gasteiger charge is 2.20. The molecule has 1 amide bonds. The molecule has 166 valence electrons. The van der Waals surface area contributed by atoms with Crippen LogP contribution in [0, 0.1) is 11.3 Å². The van der Waals surface area contributed by atoms with Crippen molar-refractivity contribution in [3.63, 3.8) is 0 Å². The fraction of sp³-hybridized carbons (Fsp3) is 0.167. The van der Waals surface area contributed by atoms with E-state index in [1.807, 2.05) is 0 Å². The number of nitriles is 1. The highest BCUT2D eigenvalue weighted by atomic mass is 32.2. The van der Waals surface area contributed by atoms with Crippen LogP contribution in [-0.4, -0.2) is 41.0 Å². The molecule has 2 aromatic heterocycles. The van der Waals surface area contributed by atoms with Crippen LogP contribution in [0.5, 0.6) is 0 Å². The fourth-order valence-electron chi connectivity index (χ4n) is 3.35. The van der Waals surface area contributed by atoms with Crippen molar-refractivity contribution in [2.24, 2.45) is 0 Å². The summed E-state index contributed by atoms with van der Waals surface area (Å²) in [6.45, 7) is 3.29. The third kappa shape index (κ3) is 4.08. The van der Waals surface area contributed by atoms with Gasteiger partial charge in [0.25, 0.3) is 5.91 Å². The molecule has 0 atom stereocenters. The topological polar surface area (TPSA) is 108 Å². The molecule has 0 aliphatic heterocycles. The van der Waals surface area contributed by atoms with Gasteiger partial charge in [-0.3, -0.25) is 9.20 Å². The van der Waals surface area contributed by atoms with E-state index in [0.717, 1.165) is 5.56 Å². The molecule has 2 heterocycles. The van der Waals surface area contributed by atoms with Crippen molar-refractivity contribution in [2.45, 2.75) is 24.0 Å². The Bertz CT molecular complexity index is 1480. The summed E-state index contributed by atoms with van der Waals surface area (Å²) in [6, 6.07) is 15.3. The zero-order chi connectivity index (χ0) is 23.8. The van der Waals surface area contributed by atoms with Crippen LogP contribution in [0.3, 0.4) is 0 Å². The smallest absolute Gasteiger partial charge is 0.278 e. The van der Waals surface area contributed by atoms with Gasteiger partial charge in [0.1, 0.15) is 5.69 Å². The molecule has 2 aromatic carbocycles. The molecule has 0 fully saturated rings. The maximum Gasteiger partial charge on any atom is 0.278 e. The van der Waals surface area contributed by atoms with E-state index in [9.17, 15) is 13.2 Å². The number of carbonyl (C=O) groups is 1. The van der Waals surface area contributed by atoms with E-state index in [1.54, 1.807) is 86.2 Å². The summed E-state index contributed by atoms with van der Waals surface area (Å²) in [5.41, 5.74) is 3.38. The van der Waals surface area contributed by atoms with E-state index >= 15 is 0 Å². The van der Waals surface area contributed by atoms with Crippen molar-refractivity contribution in [3.8, 4) is 17.3 Å². The van der Waals surface area contributed by atoms with Crippen molar-refractivity contribution in [2.75, 3.05) is 11.9 Å². The van der Waals surface area contributed by atoms with Crippen molar-refractivity contribution in [3.05, 3.63) is 78.4 Å². The van der Waals surface area contributed by atoms with Crippen molar-refractivity contribution in [1.29, 1.82) is 5.26 Å². The number of amides is 1. The molecule has 4 rings (SSSR count). The number of carbonyl (C=O) groups excluding carboxylic acids is 1. The molecular formula is C24H21N5O3S. The molecular weight excluding hydrogens is 438 g/mol. The van der Waals surface area contributed by atoms with Gasteiger partial charge in [0.05, 0.1) is 39.9 Å². The lowest BCUT2D eigenvalue weighted by Crippen LogP contribution is -2.27. The summed E-state index contributed by atoms with van der Waals surface area (Å²) in [4.78, 5) is 23.3. The Kier molecular flexibility index (Phi) is 5.70. The number of benzene rings is 2. The van der Waals surface area contributed by atoms with Crippen molar-refractivity contribution >= 4 is 27.1 Å². The number of sulfone groups is 1. The summed E-state index contributed by atoms with van der Waals surface area (Å²) >= 11 is 0. The number of hydrogen-bond acceptors (Lipinski definition) is 6. The predicted molar refractivity (Wildman–Crippen MR) is 125 cm³/mol. The molecule has 0 saturated carbocycles. The second-order valence-electron chi connectivity index (χ2n) is 7.79. The molecule has 0 aliphatic rings. The fourth-order valence-corrected chi connectivity index (χ4v) is 4.41. The van der Waals surface area contributed by atoms with Gasteiger partial charge in [-0.1, -0.05) is 12.1 Å². The number of nitrogens with zero attached hydrogens (tertiary/aromatic N) is 5. The molecule has 4 aromatic rings. The predicted octanol–water partition coefficient (Wildman–Crippen LogP) is 3.73. The first kappa shape index (κ1) is 22.2. The van der Waals surface area contributed by atoms with Crippen LogP contribution in [-0.2, 0) is 9.84 Å². The van der Waals surface area contributed by atoms with Gasteiger partial charge in [0, 0.05) is 24.5 Å². The van der Waals surface area contributed by atoms with Gasteiger partial charge in [-0.15, -0.1) is 0 Å². The number of anilines is 1. The van der Waals surface area contributed by atoms with Crippen LogP contribution < -0.4 is 4.90 Å². The summed E-state index contributed by atoms with van der Waals surface area (Å²) < 4.78 is 26.5. The van der Waals surface area contributed by atoms with Crippen LogP contribution in [0.25, 0.3) is 16.9 Å². The summed E-state index contributed by atoms with van der Waals surface area (Å²) in [7, 11) is -1.73. The number of aromatic nitrogens is 3. The van der Waals surface area contributed by atoms with Crippen molar-refractivity contribution in [1.82, 2.24) is 14.4 Å². The van der Waals surface area contributed by atoms with Crippen LogP contribution in [0.2, 0.25) is 0 Å². The molecule has 0 bridgehead atoms. The van der Waals surface area contributed by atoms with Gasteiger partial charge >= 0.3 is 0 Å². The summed E-state index contributed by atoms with van der Waals surface area (Å²) in [5.74, 6) is -0.320. The second kappa shape index (κ2) is 8.48. The molecule has 0 unspecified atom stereocenters. The standard InChI is InChI=1S/C24H21N5O3S/c1-16(2)33(31,32)20-10-6-18(7-11-20)22-13-27-23-14-26-21(15-29(22)23)24(30)28(3)19-8-4-17(12-25)5-9-19/h4-11,13-16H,1-3H3. The molecule has 0 spiro atoms. The Morgan fingerprint density at radius 3 is 2.30 bits per heavy atom. The third-order valence-electron chi connectivity index (χ3n) is 5.40. The number of fused-ring (bicyclic) bond motifs is 1. The largest absolute Gasteiger partial charge is 0.310 e. The van der Waals surface area contributed by atoms with Gasteiger partial charge in [-0.05, 0) is 50.2 Å². The number of rotatable bonds is 5. The molecule has 0 aliphatic carbocycles. The monoisotopic (exact) mass is 459 g/mol. The lowest BCUT2D eigenvalue weighted by molar-refractivity contribution is 0.0988. The zero-order valence-corrected chi connectivity index (χ0v) is 19.1. The Hall–Kier alpha value is -4.03. The first-order valence-corrected chi connectivity index (χ1v) is 11.7. The van der Waals surface area contributed by atoms with Crippen LogP contribution >= 0.6 is 0 Å². The van der Waals surface area contributed by atoms with Gasteiger partial charge in [0.2, 0.25) is 0 Å². The van der Waals surface area contributed by atoms with E-state index < -0.39 is 15.1 Å². The first-order chi connectivity index (χ1) is 15.7. The third-order valence-corrected chi connectivity index (χ3v) is 7.57. The number of imidazole rings is 1. The molecule has 9 heteroatoms. The minimum Gasteiger partial charge on any atom is -0.310 e.